The van der Waals surface area contributed by atoms with Gasteiger partial charge in [0.2, 0.25) is 5.76 Å². The number of rotatable bonds is 5. The second-order valence-electron chi connectivity index (χ2n) is 7.93. The zero-order chi connectivity index (χ0) is 20.3. The number of benzene rings is 1. The molecule has 7 heteroatoms. The van der Waals surface area contributed by atoms with E-state index < -0.39 is 30.0 Å². The molecule has 3 rings (SSSR count). The highest BCUT2D eigenvalue weighted by atomic mass is 16.6. The Labute approximate surface area is 165 Å². The van der Waals surface area contributed by atoms with Crippen LogP contribution in [0.25, 0.3) is 0 Å². The molecule has 3 atom stereocenters. The van der Waals surface area contributed by atoms with E-state index >= 15 is 0 Å². The maximum absolute atomic E-state index is 12.5. The molecule has 0 saturated carbocycles. The fourth-order valence-corrected chi connectivity index (χ4v) is 3.46. The highest BCUT2D eigenvalue weighted by Crippen LogP contribution is 2.30. The van der Waals surface area contributed by atoms with E-state index in [4.69, 9.17) is 18.9 Å². The van der Waals surface area contributed by atoms with Crippen molar-refractivity contribution in [3.05, 3.63) is 47.7 Å². The lowest BCUT2D eigenvalue weighted by Gasteiger charge is -2.37. The van der Waals surface area contributed by atoms with E-state index in [9.17, 15) is 9.59 Å². The van der Waals surface area contributed by atoms with Gasteiger partial charge in [0, 0.05) is 6.42 Å². The van der Waals surface area contributed by atoms with Gasteiger partial charge in [-0.3, -0.25) is 4.90 Å². The van der Waals surface area contributed by atoms with Crippen LogP contribution in [-0.4, -0.2) is 54.7 Å². The van der Waals surface area contributed by atoms with Gasteiger partial charge in [0.05, 0.1) is 24.9 Å². The summed E-state index contributed by atoms with van der Waals surface area (Å²) in [5, 5.41) is 0. The minimum atomic E-state index is -0.671. The third kappa shape index (κ3) is 4.84. The fourth-order valence-electron chi connectivity index (χ4n) is 3.46. The number of carbonyl (C=O) groups is 2. The molecular weight excluding hydrogens is 362 g/mol. The van der Waals surface area contributed by atoms with Crippen LogP contribution in [0, 0.1) is 0 Å². The first-order chi connectivity index (χ1) is 13.3. The van der Waals surface area contributed by atoms with Crippen molar-refractivity contribution in [1.29, 1.82) is 0 Å². The molecule has 2 aliphatic heterocycles. The lowest BCUT2D eigenvalue weighted by Crippen LogP contribution is -2.48. The molecule has 1 fully saturated rings. The number of ether oxygens (including phenoxy) is 4. The minimum absolute atomic E-state index is 0.0474. The Morgan fingerprint density at radius 3 is 2.61 bits per heavy atom. The maximum Gasteiger partial charge on any atom is 0.413 e. The normalized spacial score (nSPS) is 25.0. The number of amides is 1. The molecule has 152 valence electrons. The lowest BCUT2D eigenvalue weighted by molar-refractivity contribution is -0.149. The van der Waals surface area contributed by atoms with Crippen molar-refractivity contribution in [2.75, 3.05) is 13.7 Å². The van der Waals surface area contributed by atoms with Gasteiger partial charge < -0.3 is 18.9 Å². The van der Waals surface area contributed by atoms with Crippen LogP contribution in [-0.2, 0) is 30.2 Å². The SMILES string of the molecule is COC(=O)C1=C[C@@H](OC(C)(C)C)C[C@@H](N2C(=O)OC[C@@H]2Cc2ccccc2)O1. The monoisotopic (exact) mass is 389 g/mol. The molecule has 2 heterocycles. The molecular formula is C21H27NO6. The molecule has 0 spiro atoms. The van der Waals surface area contributed by atoms with Crippen molar-refractivity contribution in [2.45, 2.75) is 57.6 Å². The van der Waals surface area contributed by atoms with Crippen LogP contribution in [0.2, 0.25) is 0 Å². The predicted octanol–water partition coefficient (Wildman–Crippen LogP) is 3.04. The van der Waals surface area contributed by atoms with E-state index in [0.29, 0.717) is 12.8 Å². The fraction of sp³-hybridized carbons (Fsp3) is 0.524. The first kappa shape index (κ1) is 20.2. The number of hydrogen-bond acceptors (Lipinski definition) is 6. The van der Waals surface area contributed by atoms with E-state index in [1.807, 2.05) is 51.1 Å². The summed E-state index contributed by atoms with van der Waals surface area (Å²) in [5.41, 5.74) is 0.678. The van der Waals surface area contributed by atoms with Crippen LogP contribution in [0.15, 0.2) is 42.2 Å². The largest absolute Gasteiger partial charge is 0.463 e. The summed E-state index contributed by atoms with van der Waals surface area (Å²) in [6.07, 6.45) is 1.13. The van der Waals surface area contributed by atoms with Gasteiger partial charge in [-0.2, -0.15) is 0 Å². The average Bonchev–Trinajstić information content (AvgIpc) is 3.00. The van der Waals surface area contributed by atoms with Gasteiger partial charge in [-0.05, 0) is 38.8 Å². The third-order valence-electron chi connectivity index (χ3n) is 4.55. The maximum atomic E-state index is 12.5. The Morgan fingerprint density at radius 1 is 1.25 bits per heavy atom. The van der Waals surface area contributed by atoms with Gasteiger partial charge in [-0.1, -0.05) is 30.3 Å². The standard InChI is InChI=1S/C21H27NO6/c1-21(2,3)28-16-11-17(19(23)25-4)27-18(12-16)22-15(13-26-20(22)24)10-14-8-6-5-7-9-14/h5-9,11,15-16,18H,10,12-13H2,1-4H3/t15-,16+,18-/m0/s1. The van der Waals surface area contributed by atoms with E-state index in [1.165, 1.54) is 7.11 Å². The van der Waals surface area contributed by atoms with E-state index in [0.717, 1.165) is 5.56 Å². The van der Waals surface area contributed by atoms with Crippen molar-refractivity contribution < 1.29 is 28.5 Å². The Balaban J connectivity index is 1.81. The second-order valence-corrected chi connectivity index (χ2v) is 7.93. The molecule has 28 heavy (non-hydrogen) atoms. The summed E-state index contributed by atoms with van der Waals surface area (Å²) in [6.45, 7) is 6.08. The van der Waals surface area contributed by atoms with Gasteiger partial charge in [0.15, 0.2) is 6.23 Å². The predicted molar refractivity (Wildman–Crippen MR) is 101 cm³/mol. The molecule has 0 bridgehead atoms. The second kappa shape index (κ2) is 8.22. The molecule has 0 aliphatic carbocycles. The summed E-state index contributed by atoms with van der Waals surface area (Å²) >= 11 is 0. The number of esters is 1. The zero-order valence-electron chi connectivity index (χ0n) is 16.7. The van der Waals surface area contributed by atoms with Crippen LogP contribution in [0.1, 0.15) is 32.8 Å². The van der Waals surface area contributed by atoms with Crippen molar-refractivity contribution in [2.24, 2.45) is 0 Å². The molecule has 0 radical (unpaired) electrons. The first-order valence-electron chi connectivity index (χ1n) is 9.40. The Morgan fingerprint density at radius 2 is 1.96 bits per heavy atom. The molecule has 2 aliphatic rings. The number of nitrogens with zero attached hydrogens (tertiary/aromatic N) is 1. The van der Waals surface area contributed by atoms with Crippen LogP contribution in [0.4, 0.5) is 4.79 Å². The molecule has 0 N–H and O–H groups in total. The quantitative estimate of drug-likeness (QED) is 0.721. The van der Waals surface area contributed by atoms with Crippen LogP contribution >= 0.6 is 0 Å². The molecule has 7 nitrogen and oxygen atoms in total. The zero-order valence-corrected chi connectivity index (χ0v) is 16.7. The van der Waals surface area contributed by atoms with Gasteiger partial charge in [0.1, 0.15) is 6.61 Å². The lowest BCUT2D eigenvalue weighted by atomic mass is 10.0. The summed E-state index contributed by atoms with van der Waals surface area (Å²) in [6, 6.07) is 9.69. The highest BCUT2D eigenvalue weighted by molar-refractivity contribution is 5.86. The smallest absolute Gasteiger partial charge is 0.413 e. The summed E-state index contributed by atoms with van der Waals surface area (Å²) < 4.78 is 22.0. The van der Waals surface area contributed by atoms with Crippen LogP contribution in [0.5, 0.6) is 0 Å². The van der Waals surface area contributed by atoms with Crippen LogP contribution < -0.4 is 0 Å². The molecule has 1 aromatic rings. The minimum Gasteiger partial charge on any atom is -0.463 e. The summed E-state index contributed by atoms with van der Waals surface area (Å²) in [7, 11) is 1.29. The number of carbonyl (C=O) groups excluding carboxylic acids is 2. The van der Waals surface area contributed by atoms with E-state index in [1.54, 1.807) is 11.0 Å². The van der Waals surface area contributed by atoms with Crippen molar-refractivity contribution in [3.63, 3.8) is 0 Å². The van der Waals surface area contributed by atoms with Gasteiger partial charge in [-0.15, -0.1) is 0 Å². The Kier molecular flexibility index (Phi) is 5.93. The van der Waals surface area contributed by atoms with Crippen molar-refractivity contribution >= 4 is 12.1 Å². The average molecular weight is 389 g/mol. The van der Waals surface area contributed by atoms with Crippen LogP contribution in [0.3, 0.4) is 0 Å². The van der Waals surface area contributed by atoms with Gasteiger partial charge >= 0.3 is 12.1 Å². The van der Waals surface area contributed by atoms with Gasteiger partial charge in [-0.25, -0.2) is 9.59 Å². The molecule has 0 unspecified atom stereocenters. The van der Waals surface area contributed by atoms with E-state index in [2.05, 4.69) is 0 Å². The summed E-state index contributed by atoms with van der Waals surface area (Å²) in [4.78, 5) is 26.1. The highest BCUT2D eigenvalue weighted by Gasteiger charge is 2.43. The number of cyclic esters (lactones) is 1. The number of hydrogen-bond donors (Lipinski definition) is 0. The molecule has 1 aromatic carbocycles. The first-order valence-corrected chi connectivity index (χ1v) is 9.40. The Hall–Kier alpha value is -2.54. The molecule has 1 saturated heterocycles. The topological polar surface area (TPSA) is 74.3 Å². The van der Waals surface area contributed by atoms with E-state index in [-0.39, 0.29) is 18.4 Å². The number of methoxy groups -OCH3 is 1. The molecule has 1 amide bonds. The van der Waals surface area contributed by atoms with Crippen molar-refractivity contribution in [3.8, 4) is 0 Å². The molecule has 0 aromatic heterocycles. The third-order valence-corrected chi connectivity index (χ3v) is 4.55. The van der Waals surface area contributed by atoms with Crippen molar-refractivity contribution in [1.82, 2.24) is 4.90 Å². The summed E-state index contributed by atoms with van der Waals surface area (Å²) in [5.74, 6) is -0.550. The Bertz CT molecular complexity index is 739. The van der Waals surface area contributed by atoms with Gasteiger partial charge in [0.25, 0.3) is 0 Å².